The molecule has 1 heterocycles. The van der Waals surface area contributed by atoms with Crippen molar-refractivity contribution in [1.82, 2.24) is 10.3 Å². The van der Waals surface area contributed by atoms with Gasteiger partial charge in [0.05, 0.1) is 25.3 Å². The van der Waals surface area contributed by atoms with Crippen molar-refractivity contribution >= 4 is 28.3 Å². The summed E-state index contributed by atoms with van der Waals surface area (Å²) in [5.41, 5.74) is 1.31. The maximum absolute atomic E-state index is 12.4. The minimum Gasteiger partial charge on any atom is -0.497 e. The Bertz CT molecular complexity index is 804. The number of anilines is 1. The molecule has 3 rings (SSSR count). The molecular weight excluding hydrogens is 366 g/mol. The van der Waals surface area contributed by atoms with Crippen LogP contribution in [0.3, 0.4) is 0 Å². The summed E-state index contributed by atoms with van der Waals surface area (Å²) in [7, 11) is 3.18. The molecule has 1 aromatic heterocycles. The van der Waals surface area contributed by atoms with Crippen molar-refractivity contribution in [2.24, 2.45) is 0 Å². The molecule has 1 aliphatic rings. The van der Waals surface area contributed by atoms with Crippen molar-refractivity contribution in [1.29, 1.82) is 0 Å². The van der Waals surface area contributed by atoms with Gasteiger partial charge in [0, 0.05) is 24.1 Å². The first kappa shape index (κ1) is 19.3. The number of benzene rings is 1. The molecule has 2 aromatic rings. The van der Waals surface area contributed by atoms with E-state index in [-0.39, 0.29) is 17.7 Å². The monoisotopic (exact) mass is 389 g/mol. The summed E-state index contributed by atoms with van der Waals surface area (Å²) in [4.78, 5) is 30.5. The van der Waals surface area contributed by atoms with E-state index in [0.717, 1.165) is 29.8 Å². The standard InChI is InChI=1S/C19H23N3O4S/c1-25-11-10-20-18(24)14-4-3-5-15-16(14)21-19(27-15)22-17(23)12-6-8-13(26-2)9-7-12/h6-9,14H,3-5,10-11H2,1-2H3,(H,20,24)(H,21,22,23)/t14-/m1/s1. The Morgan fingerprint density at radius 3 is 2.74 bits per heavy atom. The minimum atomic E-state index is -0.270. The number of thiazole rings is 1. The van der Waals surface area contributed by atoms with Crippen molar-refractivity contribution < 1.29 is 19.1 Å². The number of fused-ring (bicyclic) bond motifs is 1. The Labute approximate surface area is 162 Å². The van der Waals surface area contributed by atoms with Crippen molar-refractivity contribution in [3.8, 4) is 5.75 Å². The zero-order valence-electron chi connectivity index (χ0n) is 15.4. The van der Waals surface area contributed by atoms with Gasteiger partial charge in [-0.05, 0) is 43.5 Å². The number of hydrogen-bond acceptors (Lipinski definition) is 6. The highest BCUT2D eigenvalue weighted by Crippen LogP contribution is 2.37. The molecule has 2 N–H and O–H groups in total. The number of amides is 2. The van der Waals surface area contributed by atoms with Gasteiger partial charge in [-0.25, -0.2) is 4.98 Å². The number of nitrogens with zero attached hydrogens (tertiary/aromatic N) is 1. The number of hydrogen-bond donors (Lipinski definition) is 2. The van der Waals surface area contributed by atoms with E-state index in [2.05, 4.69) is 15.6 Å². The first-order chi connectivity index (χ1) is 13.1. The van der Waals surface area contributed by atoms with Gasteiger partial charge in [0.2, 0.25) is 5.91 Å². The largest absolute Gasteiger partial charge is 0.497 e. The van der Waals surface area contributed by atoms with Crippen LogP contribution in [0.25, 0.3) is 0 Å². The summed E-state index contributed by atoms with van der Waals surface area (Å²) in [5.74, 6) is 0.156. The van der Waals surface area contributed by atoms with E-state index >= 15 is 0 Å². The van der Waals surface area contributed by atoms with E-state index in [4.69, 9.17) is 9.47 Å². The fourth-order valence-corrected chi connectivity index (χ4v) is 4.10. The smallest absolute Gasteiger partial charge is 0.257 e. The normalized spacial score (nSPS) is 15.7. The molecule has 8 heteroatoms. The molecule has 0 aliphatic heterocycles. The molecule has 2 amide bonds. The lowest BCUT2D eigenvalue weighted by molar-refractivity contribution is -0.123. The molecule has 0 saturated heterocycles. The van der Waals surface area contributed by atoms with Crippen LogP contribution in [0.2, 0.25) is 0 Å². The molecule has 0 fully saturated rings. The van der Waals surface area contributed by atoms with Gasteiger partial charge >= 0.3 is 0 Å². The lowest BCUT2D eigenvalue weighted by Crippen LogP contribution is -2.33. The van der Waals surface area contributed by atoms with Crippen molar-refractivity contribution in [2.75, 3.05) is 32.7 Å². The van der Waals surface area contributed by atoms with Gasteiger partial charge in [-0.1, -0.05) is 0 Å². The highest BCUT2D eigenvalue weighted by atomic mass is 32.1. The zero-order valence-corrected chi connectivity index (χ0v) is 16.2. The van der Waals surface area contributed by atoms with E-state index in [1.807, 2.05) is 0 Å². The van der Waals surface area contributed by atoms with Crippen LogP contribution in [0.4, 0.5) is 5.13 Å². The molecule has 27 heavy (non-hydrogen) atoms. The maximum atomic E-state index is 12.4. The lowest BCUT2D eigenvalue weighted by Gasteiger charge is -2.20. The number of ether oxygens (including phenoxy) is 2. The Kier molecular flexibility index (Phi) is 6.41. The fraction of sp³-hybridized carbons (Fsp3) is 0.421. The predicted octanol–water partition coefficient (Wildman–Crippen LogP) is 2.59. The lowest BCUT2D eigenvalue weighted by atomic mass is 9.90. The number of carbonyl (C=O) groups excluding carboxylic acids is 2. The maximum Gasteiger partial charge on any atom is 0.257 e. The molecule has 144 valence electrons. The molecular formula is C19H23N3O4S. The topological polar surface area (TPSA) is 89.6 Å². The van der Waals surface area contributed by atoms with Gasteiger partial charge in [-0.2, -0.15) is 0 Å². The summed E-state index contributed by atoms with van der Waals surface area (Å²) < 4.78 is 10.1. The number of methoxy groups -OCH3 is 2. The van der Waals surface area contributed by atoms with E-state index in [9.17, 15) is 9.59 Å². The molecule has 1 aromatic carbocycles. The summed E-state index contributed by atoms with van der Waals surface area (Å²) in [6, 6.07) is 6.88. The highest BCUT2D eigenvalue weighted by Gasteiger charge is 2.30. The van der Waals surface area contributed by atoms with Gasteiger partial charge in [0.1, 0.15) is 5.75 Å². The second kappa shape index (κ2) is 8.96. The van der Waals surface area contributed by atoms with Crippen LogP contribution in [0.15, 0.2) is 24.3 Å². The van der Waals surface area contributed by atoms with Gasteiger partial charge in [0.25, 0.3) is 5.91 Å². The fourth-order valence-electron chi connectivity index (χ4n) is 3.04. The zero-order chi connectivity index (χ0) is 19.2. The van der Waals surface area contributed by atoms with Gasteiger partial charge < -0.3 is 14.8 Å². The number of carbonyl (C=O) groups is 2. The average Bonchev–Trinajstić information content (AvgIpc) is 3.10. The number of rotatable bonds is 7. The number of aryl methyl sites for hydroxylation is 1. The van der Waals surface area contributed by atoms with Crippen LogP contribution in [-0.2, 0) is 16.0 Å². The van der Waals surface area contributed by atoms with Crippen molar-refractivity contribution in [3.63, 3.8) is 0 Å². The third-order valence-corrected chi connectivity index (χ3v) is 5.50. The molecule has 1 aliphatic carbocycles. The van der Waals surface area contributed by atoms with Gasteiger partial charge in [-0.3, -0.25) is 14.9 Å². The van der Waals surface area contributed by atoms with Crippen molar-refractivity contribution in [2.45, 2.75) is 25.2 Å². The minimum absolute atomic E-state index is 0.0358. The Hall–Kier alpha value is -2.45. The highest BCUT2D eigenvalue weighted by molar-refractivity contribution is 7.15. The third-order valence-electron chi connectivity index (χ3n) is 4.45. The van der Waals surface area contributed by atoms with Crippen LogP contribution in [0, 0.1) is 0 Å². The molecule has 0 spiro atoms. The summed E-state index contributed by atoms with van der Waals surface area (Å²) >= 11 is 1.44. The Morgan fingerprint density at radius 2 is 2.04 bits per heavy atom. The molecule has 0 saturated carbocycles. The second-order valence-electron chi connectivity index (χ2n) is 6.24. The predicted molar refractivity (Wildman–Crippen MR) is 104 cm³/mol. The van der Waals surface area contributed by atoms with E-state index in [0.29, 0.717) is 29.6 Å². The molecule has 0 unspecified atom stereocenters. The Balaban J connectivity index is 1.69. The third kappa shape index (κ3) is 4.64. The molecule has 0 bridgehead atoms. The summed E-state index contributed by atoms with van der Waals surface area (Å²) in [5, 5.41) is 6.25. The van der Waals surface area contributed by atoms with Crippen LogP contribution >= 0.6 is 11.3 Å². The molecule has 1 atom stereocenters. The SMILES string of the molecule is COCCNC(=O)[C@@H]1CCCc2sc(NC(=O)c3ccc(OC)cc3)nc21. The first-order valence-corrected chi connectivity index (χ1v) is 9.65. The van der Waals surface area contributed by atoms with Gasteiger partial charge in [0.15, 0.2) is 5.13 Å². The quantitative estimate of drug-likeness (QED) is 0.711. The van der Waals surface area contributed by atoms with Crippen LogP contribution < -0.4 is 15.4 Å². The van der Waals surface area contributed by atoms with Crippen LogP contribution in [0.5, 0.6) is 5.75 Å². The van der Waals surface area contributed by atoms with Crippen LogP contribution in [-0.4, -0.2) is 44.2 Å². The van der Waals surface area contributed by atoms with E-state index in [1.165, 1.54) is 11.3 Å². The van der Waals surface area contributed by atoms with Gasteiger partial charge in [-0.15, -0.1) is 11.3 Å². The molecule has 7 nitrogen and oxygen atoms in total. The first-order valence-electron chi connectivity index (χ1n) is 8.84. The Morgan fingerprint density at radius 1 is 1.26 bits per heavy atom. The summed E-state index contributed by atoms with van der Waals surface area (Å²) in [6.45, 7) is 0.956. The van der Waals surface area contributed by atoms with Crippen LogP contribution in [0.1, 0.15) is 39.7 Å². The van der Waals surface area contributed by atoms with E-state index in [1.54, 1.807) is 38.5 Å². The second-order valence-corrected chi connectivity index (χ2v) is 7.32. The number of nitrogens with one attached hydrogen (secondary N) is 2. The van der Waals surface area contributed by atoms with Crippen molar-refractivity contribution in [3.05, 3.63) is 40.4 Å². The molecule has 0 radical (unpaired) electrons. The van der Waals surface area contributed by atoms with E-state index < -0.39 is 0 Å². The summed E-state index contributed by atoms with van der Waals surface area (Å²) in [6.07, 6.45) is 2.58. The number of aromatic nitrogens is 1. The average molecular weight is 389 g/mol.